The maximum absolute atomic E-state index is 5.96. The van der Waals surface area contributed by atoms with Crippen molar-refractivity contribution in [3.63, 3.8) is 0 Å². The first-order valence-corrected chi connectivity index (χ1v) is 7.54. The van der Waals surface area contributed by atoms with Gasteiger partial charge in [-0.25, -0.2) is 4.98 Å². The fraction of sp³-hybridized carbons (Fsp3) is 0.400. The molecule has 19 heavy (non-hydrogen) atoms. The number of aromatic nitrogens is 1. The Morgan fingerprint density at radius 2 is 2.00 bits per heavy atom. The summed E-state index contributed by atoms with van der Waals surface area (Å²) in [5.41, 5.74) is 8.10. The summed E-state index contributed by atoms with van der Waals surface area (Å²) < 4.78 is 5.43. The quantitative estimate of drug-likeness (QED) is 0.878. The third kappa shape index (κ3) is 3.78. The van der Waals surface area contributed by atoms with Crippen molar-refractivity contribution in [2.24, 2.45) is 5.73 Å². The number of rotatable bonds is 6. The normalized spacial score (nSPS) is 12.4. The topological polar surface area (TPSA) is 48.1 Å². The second-order valence-corrected chi connectivity index (χ2v) is 5.40. The average Bonchev–Trinajstić information content (AvgIpc) is 2.88. The number of hydrogen-bond acceptors (Lipinski definition) is 4. The van der Waals surface area contributed by atoms with Crippen LogP contribution < -0.4 is 10.5 Å². The number of benzene rings is 1. The van der Waals surface area contributed by atoms with E-state index in [2.05, 4.69) is 17.3 Å². The lowest BCUT2D eigenvalue weighted by Gasteiger charge is -2.05. The first-order chi connectivity index (χ1) is 9.22. The van der Waals surface area contributed by atoms with E-state index in [0.29, 0.717) is 6.61 Å². The van der Waals surface area contributed by atoms with Gasteiger partial charge in [0.25, 0.3) is 0 Å². The molecule has 2 aromatic rings. The van der Waals surface area contributed by atoms with E-state index in [9.17, 15) is 0 Å². The van der Waals surface area contributed by atoms with Crippen LogP contribution in [0.1, 0.15) is 25.3 Å². The van der Waals surface area contributed by atoms with Crippen molar-refractivity contribution in [2.45, 2.75) is 32.7 Å². The van der Waals surface area contributed by atoms with Crippen molar-refractivity contribution in [1.82, 2.24) is 4.98 Å². The van der Waals surface area contributed by atoms with E-state index < -0.39 is 0 Å². The van der Waals surface area contributed by atoms with Crippen LogP contribution >= 0.6 is 11.3 Å². The minimum absolute atomic E-state index is 0.208. The zero-order valence-corrected chi connectivity index (χ0v) is 12.2. The van der Waals surface area contributed by atoms with Gasteiger partial charge in [0.15, 0.2) is 0 Å². The van der Waals surface area contributed by atoms with Gasteiger partial charge in [-0.2, -0.15) is 0 Å². The predicted octanol–water partition coefficient (Wildman–Crippen LogP) is 3.49. The van der Waals surface area contributed by atoms with E-state index in [0.717, 1.165) is 34.9 Å². The molecule has 4 heteroatoms. The van der Waals surface area contributed by atoms with Gasteiger partial charge in [-0.15, -0.1) is 11.3 Å². The molecule has 1 aromatic heterocycles. The highest BCUT2D eigenvalue weighted by Crippen LogP contribution is 2.24. The highest BCUT2D eigenvalue weighted by molar-refractivity contribution is 7.09. The standard InChI is InChI=1S/C15H20N2OS/c1-3-12(16)9-15-17-14(10-19-15)11-5-7-13(8-6-11)18-4-2/h5-8,10,12H,3-4,9,16H2,1-2H3. The first-order valence-electron chi connectivity index (χ1n) is 6.66. The summed E-state index contributed by atoms with van der Waals surface area (Å²) in [6.45, 7) is 4.78. The highest BCUT2D eigenvalue weighted by Gasteiger charge is 2.08. The third-order valence-corrected chi connectivity index (χ3v) is 3.85. The molecule has 0 saturated heterocycles. The summed E-state index contributed by atoms with van der Waals surface area (Å²) in [4.78, 5) is 4.64. The Bertz CT molecular complexity index is 507. The van der Waals surface area contributed by atoms with Crippen LogP contribution in [0, 0.1) is 0 Å². The molecule has 0 bridgehead atoms. The van der Waals surface area contributed by atoms with Gasteiger partial charge >= 0.3 is 0 Å². The van der Waals surface area contributed by atoms with E-state index >= 15 is 0 Å². The number of thiazole rings is 1. The molecule has 0 aliphatic carbocycles. The van der Waals surface area contributed by atoms with Gasteiger partial charge in [0.05, 0.1) is 17.3 Å². The minimum Gasteiger partial charge on any atom is -0.494 e. The molecular formula is C15H20N2OS. The molecule has 1 aromatic carbocycles. The van der Waals surface area contributed by atoms with E-state index in [4.69, 9.17) is 10.5 Å². The van der Waals surface area contributed by atoms with E-state index in [1.54, 1.807) is 11.3 Å². The molecule has 2 rings (SSSR count). The van der Waals surface area contributed by atoms with Crippen LogP contribution in [0.3, 0.4) is 0 Å². The van der Waals surface area contributed by atoms with Crippen LogP contribution in [0.25, 0.3) is 11.3 Å². The second kappa shape index (κ2) is 6.68. The lowest BCUT2D eigenvalue weighted by Crippen LogP contribution is -2.21. The van der Waals surface area contributed by atoms with Gasteiger partial charge in [-0.3, -0.25) is 0 Å². The molecule has 0 radical (unpaired) electrons. The van der Waals surface area contributed by atoms with Crippen molar-refractivity contribution >= 4 is 11.3 Å². The number of nitrogens with zero attached hydrogens (tertiary/aromatic N) is 1. The molecule has 0 amide bonds. The minimum atomic E-state index is 0.208. The Labute approximate surface area is 118 Å². The predicted molar refractivity (Wildman–Crippen MR) is 80.7 cm³/mol. The molecule has 3 nitrogen and oxygen atoms in total. The fourth-order valence-corrected chi connectivity index (χ4v) is 2.69. The van der Waals surface area contributed by atoms with Gasteiger partial charge in [0.1, 0.15) is 5.75 Å². The van der Waals surface area contributed by atoms with Crippen LogP contribution in [0.2, 0.25) is 0 Å². The van der Waals surface area contributed by atoms with Crippen molar-refractivity contribution in [2.75, 3.05) is 6.61 Å². The molecular weight excluding hydrogens is 256 g/mol. The fourth-order valence-electron chi connectivity index (χ4n) is 1.79. The SMILES string of the molecule is CCOc1ccc(-c2csc(CC(N)CC)n2)cc1. The van der Waals surface area contributed by atoms with Crippen LogP contribution in [-0.4, -0.2) is 17.6 Å². The van der Waals surface area contributed by atoms with E-state index in [1.165, 1.54) is 0 Å². The zero-order chi connectivity index (χ0) is 13.7. The van der Waals surface area contributed by atoms with Crippen LogP contribution in [0.15, 0.2) is 29.6 Å². The smallest absolute Gasteiger partial charge is 0.119 e. The van der Waals surface area contributed by atoms with Crippen LogP contribution in [0.4, 0.5) is 0 Å². The Kier molecular flexibility index (Phi) is 4.93. The number of hydrogen-bond donors (Lipinski definition) is 1. The third-order valence-electron chi connectivity index (χ3n) is 2.97. The number of nitrogens with two attached hydrogens (primary N) is 1. The van der Waals surface area contributed by atoms with Gasteiger partial charge in [0, 0.05) is 23.4 Å². The molecule has 0 aliphatic heterocycles. The van der Waals surface area contributed by atoms with Crippen molar-refractivity contribution in [3.05, 3.63) is 34.7 Å². The molecule has 0 saturated carbocycles. The molecule has 1 atom stereocenters. The molecule has 0 spiro atoms. The Balaban J connectivity index is 2.09. The first kappa shape index (κ1) is 14.0. The van der Waals surface area contributed by atoms with E-state index in [1.807, 2.05) is 31.2 Å². The van der Waals surface area contributed by atoms with Gasteiger partial charge in [-0.05, 0) is 37.6 Å². The summed E-state index contributed by atoms with van der Waals surface area (Å²) >= 11 is 1.68. The maximum atomic E-state index is 5.96. The molecule has 2 N–H and O–H groups in total. The summed E-state index contributed by atoms with van der Waals surface area (Å²) in [6, 6.07) is 8.26. The Morgan fingerprint density at radius 1 is 1.26 bits per heavy atom. The monoisotopic (exact) mass is 276 g/mol. The number of ether oxygens (including phenoxy) is 1. The van der Waals surface area contributed by atoms with Crippen molar-refractivity contribution in [3.8, 4) is 17.0 Å². The van der Waals surface area contributed by atoms with Gasteiger partial charge in [0.2, 0.25) is 0 Å². The van der Waals surface area contributed by atoms with E-state index in [-0.39, 0.29) is 6.04 Å². The van der Waals surface area contributed by atoms with Crippen molar-refractivity contribution < 1.29 is 4.74 Å². The van der Waals surface area contributed by atoms with Gasteiger partial charge < -0.3 is 10.5 Å². The van der Waals surface area contributed by atoms with Crippen molar-refractivity contribution in [1.29, 1.82) is 0 Å². The zero-order valence-electron chi connectivity index (χ0n) is 11.4. The Hall–Kier alpha value is -1.39. The lowest BCUT2D eigenvalue weighted by molar-refractivity contribution is 0.340. The van der Waals surface area contributed by atoms with Gasteiger partial charge in [-0.1, -0.05) is 6.92 Å². The summed E-state index contributed by atoms with van der Waals surface area (Å²) in [6.07, 6.45) is 1.84. The lowest BCUT2D eigenvalue weighted by atomic mass is 10.1. The summed E-state index contributed by atoms with van der Waals surface area (Å²) in [5, 5.41) is 3.20. The molecule has 1 heterocycles. The maximum Gasteiger partial charge on any atom is 0.119 e. The second-order valence-electron chi connectivity index (χ2n) is 4.46. The Morgan fingerprint density at radius 3 is 2.63 bits per heavy atom. The summed E-state index contributed by atoms with van der Waals surface area (Å²) in [5.74, 6) is 0.898. The van der Waals surface area contributed by atoms with Crippen LogP contribution in [-0.2, 0) is 6.42 Å². The summed E-state index contributed by atoms with van der Waals surface area (Å²) in [7, 11) is 0. The molecule has 0 aliphatic rings. The molecule has 0 fully saturated rings. The molecule has 102 valence electrons. The van der Waals surface area contributed by atoms with Crippen LogP contribution in [0.5, 0.6) is 5.75 Å². The molecule has 1 unspecified atom stereocenters. The average molecular weight is 276 g/mol. The highest BCUT2D eigenvalue weighted by atomic mass is 32.1. The largest absolute Gasteiger partial charge is 0.494 e.